The third-order valence-electron chi connectivity index (χ3n) is 5.10. The maximum atomic E-state index is 10.7. The number of hydrogen-bond donors (Lipinski definition) is 1. The van der Waals surface area contributed by atoms with Crippen LogP contribution in [0.2, 0.25) is 0 Å². The van der Waals surface area contributed by atoms with Crippen LogP contribution in [0.5, 0.6) is 0 Å². The first-order valence-electron chi connectivity index (χ1n) is 10.8. The minimum atomic E-state index is -1.19. The van der Waals surface area contributed by atoms with Gasteiger partial charge < -0.3 is 28.8 Å². The van der Waals surface area contributed by atoms with Gasteiger partial charge in [-0.15, -0.1) is 13.2 Å². The van der Waals surface area contributed by atoms with E-state index in [4.69, 9.17) is 23.7 Å². The lowest BCUT2D eigenvalue weighted by Crippen LogP contribution is -2.61. The molecule has 1 N–H and O–H groups in total. The number of hydrogen-bond acceptors (Lipinski definition) is 6. The molecule has 1 aliphatic rings. The molecule has 0 radical (unpaired) electrons. The molecule has 172 valence electrons. The maximum absolute atomic E-state index is 10.7. The molecule has 1 saturated heterocycles. The second-order valence-electron chi connectivity index (χ2n) is 7.50. The lowest BCUT2D eigenvalue weighted by atomic mass is 9.98. The number of aliphatic hydroxyl groups excluding tert-OH is 1. The average molecular weight is 441 g/mol. The van der Waals surface area contributed by atoms with Gasteiger partial charge in [-0.2, -0.15) is 0 Å². The van der Waals surface area contributed by atoms with Gasteiger partial charge in [0.05, 0.1) is 33.0 Å². The fraction of sp³-hybridized carbons (Fsp3) is 0.385. The standard InChI is InChI=1S/C26H32O6/c1-3-15-29-24-23(31-18-21-13-9-6-10-14-21)22(32-26(27)25(24)30-16-4-2)19-28-17-20-11-7-5-8-12-20/h3-14,22-27H,1-2,15-19H2/t22-,23-,24+,25+,26+/m1/s1. The Morgan fingerprint density at radius 1 is 0.750 bits per heavy atom. The van der Waals surface area contributed by atoms with Crippen LogP contribution in [0.25, 0.3) is 0 Å². The third-order valence-corrected chi connectivity index (χ3v) is 5.10. The second kappa shape index (κ2) is 13.3. The molecule has 6 nitrogen and oxygen atoms in total. The van der Waals surface area contributed by atoms with Crippen LogP contribution in [0.3, 0.4) is 0 Å². The molecule has 32 heavy (non-hydrogen) atoms. The number of aliphatic hydroxyl groups is 1. The van der Waals surface area contributed by atoms with Gasteiger partial charge in [-0.1, -0.05) is 72.8 Å². The van der Waals surface area contributed by atoms with Gasteiger partial charge in [-0.25, -0.2) is 0 Å². The average Bonchev–Trinajstić information content (AvgIpc) is 2.83. The van der Waals surface area contributed by atoms with Crippen LogP contribution in [0.15, 0.2) is 86.0 Å². The summed E-state index contributed by atoms with van der Waals surface area (Å²) >= 11 is 0. The molecule has 2 aromatic rings. The summed E-state index contributed by atoms with van der Waals surface area (Å²) in [5.41, 5.74) is 2.07. The second-order valence-corrected chi connectivity index (χ2v) is 7.50. The van der Waals surface area contributed by atoms with E-state index in [1.54, 1.807) is 12.2 Å². The van der Waals surface area contributed by atoms with Crippen molar-refractivity contribution in [3.63, 3.8) is 0 Å². The van der Waals surface area contributed by atoms with Crippen LogP contribution in [0.1, 0.15) is 11.1 Å². The fourth-order valence-electron chi connectivity index (χ4n) is 3.59. The van der Waals surface area contributed by atoms with Crippen molar-refractivity contribution in [2.24, 2.45) is 0 Å². The Morgan fingerprint density at radius 3 is 1.91 bits per heavy atom. The molecule has 1 fully saturated rings. The summed E-state index contributed by atoms with van der Waals surface area (Å²) in [4.78, 5) is 0. The minimum absolute atomic E-state index is 0.230. The molecule has 5 atom stereocenters. The SMILES string of the molecule is C=CCO[C@@H]1[C@H](OCC=C)[C@@H](O)O[C@H](COCc2ccccc2)[C@H]1OCc1ccccc1. The van der Waals surface area contributed by atoms with Crippen molar-refractivity contribution in [1.82, 2.24) is 0 Å². The van der Waals surface area contributed by atoms with Gasteiger partial charge in [0.15, 0.2) is 6.29 Å². The molecular weight excluding hydrogens is 408 g/mol. The third kappa shape index (κ3) is 7.10. The Balaban J connectivity index is 1.74. The van der Waals surface area contributed by atoms with Crippen molar-refractivity contribution in [3.8, 4) is 0 Å². The van der Waals surface area contributed by atoms with E-state index in [2.05, 4.69) is 13.2 Å². The first-order chi connectivity index (χ1) is 15.7. The highest BCUT2D eigenvalue weighted by Gasteiger charge is 2.47. The summed E-state index contributed by atoms with van der Waals surface area (Å²) in [5.74, 6) is 0. The molecule has 1 heterocycles. The van der Waals surface area contributed by atoms with Crippen LogP contribution in [0.4, 0.5) is 0 Å². The zero-order valence-electron chi connectivity index (χ0n) is 18.3. The molecule has 6 heteroatoms. The predicted molar refractivity (Wildman–Crippen MR) is 122 cm³/mol. The van der Waals surface area contributed by atoms with Crippen LogP contribution in [0, 0.1) is 0 Å². The topological polar surface area (TPSA) is 66.4 Å². The number of ether oxygens (including phenoxy) is 5. The Hall–Kier alpha value is -2.32. The summed E-state index contributed by atoms with van der Waals surface area (Å²) in [6, 6.07) is 19.7. The Bertz CT molecular complexity index is 796. The summed E-state index contributed by atoms with van der Waals surface area (Å²) in [6.45, 7) is 8.97. The summed E-state index contributed by atoms with van der Waals surface area (Å²) < 4.78 is 29.9. The lowest BCUT2D eigenvalue weighted by molar-refractivity contribution is -0.311. The molecule has 2 aromatic carbocycles. The molecule has 0 saturated carbocycles. The summed E-state index contributed by atoms with van der Waals surface area (Å²) in [5, 5.41) is 10.7. The van der Waals surface area contributed by atoms with Gasteiger partial charge >= 0.3 is 0 Å². The zero-order valence-corrected chi connectivity index (χ0v) is 18.3. The van der Waals surface area contributed by atoms with Crippen molar-refractivity contribution in [2.45, 2.75) is 43.9 Å². The first kappa shape index (κ1) is 24.3. The van der Waals surface area contributed by atoms with Crippen molar-refractivity contribution in [2.75, 3.05) is 19.8 Å². The van der Waals surface area contributed by atoms with Crippen molar-refractivity contribution in [3.05, 3.63) is 97.1 Å². The largest absolute Gasteiger partial charge is 0.374 e. The summed E-state index contributed by atoms with van der Waals surface area (Å²) in [6.07, 6.45) is -0.301. The van der Waals surface area contributed by atoms with Crippen LogP contribution in [-0.4, -0.2) is 55.6 Å². The normalized spacial score (nSPS) is 25.3. The monoisotopic (exact) mass is 440 g/mol. The first-order valence-corrected chi connectivity index (χ1v) is 10.8. The fourth-order valence-corrected chi connectivity index (χ4v) is 3.59. The van der Waals surface area contributed by atoms with E-state index in [9.17, 15) is 5.11 Å². The van der Waals surface area contributed by atoms with Crippen LogP contribution >= 0.6 is 0 Å². The highest BCUT2D eigenvalue weighted by atomic mass is 16.7. The highest BCUT2D eigenvalue weighted by molar-refractivity contribution is 5.14. The van der Waals surface area contributed by atoms with Crippen molar-refractivity contribution in [1.29, 1.82) is 0 Å². The molecule has 0 unspecified atom stereocenters. The Morgan fingerprint density at radius 2 is 1.31 bits per heavy atom. The van der Waals surface area contributed by atoms with E-state index < -0.39 is 30.7 Å². The van der Waals surface area contributed by atoms with Gasteiger partial charge in [0.2, 0.25) is 0 Å². The molecule has 0 spiro atoms. The smallest absolute Gasteiger partial charge is 0.184 e. The highest BCUT2D eigenvalue weighted by Crippen LogP contribution is 2.28. The minimum Gasteiger partial charge on any atom is -0.374 e. The van der Waals surface area contributed by atoms with Gasteiger partial charge in [0.25, 0.3) is 0 Å². The molecule has 3 rings (SSSR count). The predicted octanol–water partition coefficient (Wildman–Crippen LogP) is 3.65. The molecule has 1 aliphatic heterocycles. The van der Waals surface area contributed by atoms with E-state index in [1.807, 2.05) is 60.7 Å². The van der Waals surface area contributed by atoms with Gasteiger partial charge in [-0.3, -0.25) is 0 Å². The number of benzene rings is 2. The van der Waals surface area contributed by atoms with Gasteiger partial charge in [0.1, 0.15) is 24.4 Å². The Labute approximate surface area is 190 Å². The Kier molecular flexibility index (Phi) is 10.1. The molecule has 0 bridgehead atoms. The number of rotatable bonds is 13. The van der Waals surface area contributed by atoms with E-state index in [1.165, 1.54) is 0 Å². The maximum Gasteiger partial charge on any atom is 0.184 e. The van der Waals surface area contributed by atoms with Gasteiger partial charge in [0, 0.05) is 0 Å². The molecule has 0 amide bonds. The zero-order chi connectivity index (χ0) is 22.6. The van der Waals surface area contributed by atoms with E-state index in [0.29, 0.717) is 13.2 Å². The van der Waals surface area contributed by atoms with Crippen molar-refractivity contribution < 1.29 is 28.8 Å². The quantitative estimate of drug-likeness (QED) is 0.480. The van der Waals surface area contributed by atoms with E-state index in [0.717, 1.165) is 11.1 Å². The lowest BCUT2D eigenvalue weighted by Gasteiger charge is -2.44. The molecular formula is C26H32O6. The van der Waals surface area contributed by atoms with Crippen molar-refractivity contribution >= 4 is 0 Å². The van der Waals surface area contributed by atoms with Gasteiger partial charge in [-0.05, 0) is 11.1 Å². The molecule has 0 aliphatic carbocycles. The molecule has 0 aromatic heterocycles. The summed E-state index contributed by atoms with van der Waals surface area (Å²) in [7, 11) is 0. The van der Waals surface area contributed by atoms with E-state index >= 15 is 0 Å². The van der Waals surface area contributed by atoms with Crippen LogP contribution < -0.4 is 0 Å². The van der Waals surface area contributed by atoms with E-state index in [-0.39, 0.29) is 19.8 Å². The van der Waals surface area contributed by atoms with Crippen LogP contribution in [-0.2, 0) is 36.9 Å².